The largest absolute Gasteiger partial charge is 0.497 e. The summed E-state index contributed by atoms with van der Waals surface area (Å²) in [5.41, 5.74) is 3.38. The number of methoxy groups -OCH3 is 1. The Morgan fingerprint density at radius 2 is 1.81 bits per heavy atom. The Bertz CT molecular complexity index is 786. The fourth-order valence-electron chi connectivity index (χ4n) is 3.33. The first-order valence-electron chi connectivity index (χ1n) is 8.83. The average Bonchev–Trinajstić information content (AvgIpc) is 2.67. The third kappa shape index (κ3) is 4.04. The average molecular weight is 352 g/mol. The van der Waals surface area contributed by atoms with E-state index >= 15 is 0 Å². The number of rotatable bonds is 5. The van der Waals surface area contributed by atoms with Gasteiger partial charge in [-0.05, 0) is 35.2 Å². The summed E-state index contributed by atoms with van der Waals surface area (Å²) < 4.78 is 5.15. The molecule has 0 unspecified atom stereocenters. The van der Waals surface area contributed by atoms with Crippen molar-refractivity contribution in [1.82, 2.24) is 10.2 Å². The molecule has 1 heterocycles. The number of nitrogens with zero attached hydrogens (tertiary/aromatic N) is 1. The lowest BCUT2D eigenvalue weighted by atomic mass is 9.93. The second kappa shape index (κ2) is 8.04. The summed E-state index contributed by atoms with van der Waals surface area (Å²) in [6.07, 6.45) is 1.29. The van der Waals surface area contributed by atoms with Crippen LogP contribution in [0.5, 0.6) is 5.75 Å². The van der Waals surface area contributed by atoms with Crippen molar-refractivity contribution in [3.05, 3.63) is 65.2 Å². The number of benzene rings is 2. The van der Waals surface area contributed by atoms with Crippen LogP contribution in [0, 0.1) is 0 Å². The SMILES string of the molecule is COc1ccc(CCNC(=O)[C@H]2Cc3ccccc3CN2C(C)=O)cc1. The summed E-state index contributed by atoms with van der Waals surface area (Å²) in [7, 11) is 1.64. The number of fused-ring (bicyclic) bond motifs is 1. The Hall–Kier alpha value is -2.82. The van der Waals surface area contributed by atoms with Gasteiger partial charge in [-0.15, -0.1) is 0 Å². The summed E-state index contributed by atoms with van der Waals surface area (Å²) in [6, 6.07) is 15.3. The number of hydrogen-bond donors (Lipinski definition) is 1. The molecule has 0 bridgehead atoms. The molecule has 3 rings (SSSR count). The van der Waals surface area contributed by atoms with Gasteiger partial charge >= 0.3 is 0 Å². The number of carbonyl (C=O) groups excluding carboxylic acids is 2. The van der Waals surface area contributed by atoms with Crippen LogP contribution in [0.3, 0.4) is 0 Å². The summed E-state index contributed by atoms with van der Waals surface area (Å²) in [6.45, 7) is 2.54. The van der Waals surface area contributed by atoms with Crippen molar-refractivity contribution in [2.45, 2.75) is 32.4 Å². The third-order valence-corrected chi connectivity index (χ3v) is 4.83. The van der Waals surface area contributed by atoms with E-state index in [1.54, 1.807) is 12.0 Å². The van der Waals surface area contributed by atoms with Crippen LogP contribution in [0.1, 0.15) is 23.6 Å². The van der Waals surface area contributed by atoms with E-state index < -0.39 is 6.04 Å². The lowest BCUT2D eigenvalue weighted by Crippen LogP contribution is -2.52. The predicted octanol–water partition coefficient (Wildman–Crippen LogP) is 2.33. The monoisotopic (exact) mass is 352 g/mol. The highest BCUT2D eigenvalue weighted by Gasteiger charge is 2.32. The third-order valence-electron chi connectivity index (χ3n) is 4.83. The molecule has 0 saturated carbocycles. The standard InChI is InChI=1S/C21H24N2O3/c1-15(24)23-14-18-6-4-3-5-17(18)13-20(23)21(25)22-12-11-16-7-9-19(26-2)10-8-16/h3-10,20H,11-14H2,1-2H3,(H,22,25)/t20-/m1/s1. The first-order valence-corrected chi connectivity index (χ1v) is 8.83. The molecule has 26 heavy (non-hydrogen) atoms. The zero-order chi connectivity index (χ0) is 18.5. The molecule has 0 saturated heterocycles. The Morgan fingerprint density at radius 1 is 1.12 bits per heavy atom. The van der Waals surface area contributed by atoms with E-state index in [1.807, 2.05) is 48.5 Å². The molecule has 0 fully saturated rings. The van der Waals surface area contributed by atoms with Crippen LogP contribution < -0.4 is 10.1 Å². The quantitative estimate of drug-likeness (QED) is 0.898. The first-order chi connectivity index (χ1) is 12.6. The molecular formula is C21H24N2O3. The maximum absolute atomic E-state index is 12.7. The maximum Gasteiger partial charge on any atom is 0.243 e. The van der Waals surface area contributed by atoms with E-state index in [1.165, 1.54) is 6.92 Å². The van der Waals surface area contributed by atoms with Gasteiger partial charge in [-0.1, -0.05) is 36.4 Å². The molecule has 2 aromatic rings. The van der Waals surface area contributed by atoms with Crippen LogP contribution in [0.2, 0.25) is 0 Å². The highest BCUT2D eigenvalue weighted by atomic mass is 16.5. The topological polar surface area (TPSA) is 58.6 Å². The number of hydrogen-bond acceptors (Lipinski definition) is 3. The van der Waals surface area contributed by atoms with Crippen LogP contribution in [0.15, 0.2) is 48.5 Å². The number of nitrogens with one attached hydrogen (secondary N) is 1. The minimum absolute atomic E-state index is 0.0743. The van der Waals surface area contributed by atoms with Crippen molar-refractivity contribution in [3.63, 3.8) is 0 Å². The molecule has 1 aliphatic heterocycles. The Morgan fingerprint density at radius 3 is 2.46 bits per heavy atom. The van der Waals surface area contributed by atoms with Crippen molar-refractivity contribution in [1.29, 1.82) is 0 Å². The van der Waals surface area contributed by atoms with Gasteiger partial charge in [0.2, 0.25) is 11.8 Å². The van der Waals surface area contributed by atoms with Gasteiger partial charge in [-0.2, -0.15) is 0 Å². The van der Waals surface area contributed by atoms with Gasteiger partial charge in [0.05, 0.1) is 7.11 Å². The molecule has 5 nitrogen and oxygen atoms in total. The van der Waals surface area contributed by atoms with E-state index in [9.17, 15) is 9.59 Å². The molecule has 2 amide bonds. The van der Waals surface area contributed by atoms with E-state index in [2.05, 4.69) is 5.32 Å². The van der Waals surface area contributed by atoms with Gasteiger partial charge in [0.1, 0.15) is 11.8 Å². The Kier molecular flexibility index (Phi) is 5.56. The van der Waals surface area contributed by atoms with Crippen LogP contribution >= 0.6 is 0 Å². The van der Waals surface area contributed by atoms with Crippen LogP contribution in [-0.4, -0.2) is 36.4 Å². The molecule has 136 valence electrons. The molecule has 0 radical (unpaired) electrons. The highest BCUT2D eigenvalue weighted by molar-refractivity contribution is 5.87. The highest BCUT2D eigenvalue weighted by Crippen LogP contribution is 2.23. The zero-order valence-corrected chi connectivity index (χ0v) is 15.2. The van der Waals surface area contributed by atoms with Gasteiger partial charge in [-0.3, -0.25) is 9.59 Å². The minimum Gasteiger partial charge on any atom is -0.497 e. The van der Waals surface area contributed by atoms with Gasteiger partial charge in [0.15, 0.2) is 0 Å². The van der Waals surface area contributed by atoms with Crippen LogP contribution in [0.4, 0.5) is 0 Å². The summed E-state index contributed by atoms with van der Waals surface area (Å²) >= 11 is 0. The molecule has 0 aliphatic carbocycles. The number of amides is 2. The van der Waals surface area contributed by atoms with Crippen LogP contribution in [0.25, 0.3) is 0 Å². The first kappa shape index (κ1) is 18.0. The Balaban J connectivity index is 1.61. The second-order valence-corrected chi connectivity index (χ2v) is 6.52. The number of ether oxygens (including phenoxy) is 1. The fraction of sp³-hybridized carbons (Fsp3) is 0.333. The number of carbonyl (C=O) groups is 2. The molecule has 5 heteroatoms. The van der Waals surface area contributed by atoms with E-state index in [4.69, 9.17) is 4.74 Å². The van der Waals surface area contributed by atoms with Gasteiger partial charge < -0.3 is 15.0 Å². The summed E-state index contributed by atoms with van der Waals surface area (Å²) in [4.78, 5) is 26.4. The van der Waals surface area contributed by atoms with Crippen molar-refractivity contribution in [2.75, 3.05) is 13.7 Å². The molecule has 1 N–H and O–H groups in total. The lowest BCUT2D eigenvalue weighted by molar-refractivity contribution is -0.140. The van der Waals surface area contributed by atoms with Crippen molar-refractivity contribution >= 4 is 11.8 Å². The minimum atomic E-state index is -0.446. The van der Waals surface area contributed by atoms with Crippen LogP contribution in [-0.2, 0) is 29.0 Å². The maximum atomic E-state index is 12.7. The lowest BCUT2D eigenvalue weighted by Gasteiger charge is -2.35. The molecule has 1 atom stereocenters. The smallest absolute Gasteiger partial charge is 0.243 e. The summed E-state index contributed by atoms with van der Waals surface area (Å²) in [5, 5.41) is 2.98. The molecule has 1 aliphatic rings. The second-order valence-electron chi connectivity index (χ2n) is 6.52. The van der Waals surface area contributed by atoms with Gasteiger partial charge in [-0.25, -0.2) is 0 Å². The molecule has 2 aromatic carbocycles. The van der Waals surface area contributed by atoms with E-state index in [-0.39, 0.29) is 11.8 Å². The normalized spacial score (nSPS) is 15.9. The zero-order valence-electron chi connectivity index (χ0n) is 15.2. The van der Waals surface area contributed by atoms with Crippen molar-refractivity contribution in [2.24, 2.45) is 0 Å². The van der Waals surface area contributed by atoms with Gasteiger partial charge in [0.25, 0.3) is 0 Å². The summed E-state index contributed by atoms with van der Waals surface area (Å²) in [5.74, 6) is 0.647. The molecular weight excluding hydrogens is 328 g/mol. The Labute approximate surface area is 154 Å². The van der Waals surface area contributed by atoms with Crippen molar-refractivity contribution in [3.8, 4) is 5.75 Å². The molecule has 0 spiro atoms. The van der Waals surface area contributed by atoms with Crippen molar-refractivity contribution < 1.29 is 14.3 Å². The van der Waals surface area contributed by atoms with Gasteiger partial charge in [0, 0.05) is 26.4 Å². The fourth-order valence-corrected chi connectivity index (χ4v) is 3.33. The predicted molar refractivity (Wildman–Crippen MR) is 99.9 cm³/mol. The molecule has 0 aromatic heterocycles. The van der Waals surface area contributed by atoms with E-state index in [0.717, 1.165) is 28.9 Å². The van der Waals surface area contributed by atoms with E-state index in [0.29, 0.717) is 19.5 Å².